The molecule has 0 radical (unpaired) electrons. The van der Waals surface area contributed by atoms with Crippen LogP contribution >= 0.6 is 0 Å². The Bertz CT molecular complexity index is 471. The van der Waals surface area contributed by atoms with E-state index < -0.39 is 0 Å². The summed E-state index contributed by atoms with van der Waals surface area (Å²) in [6.07, 6.45) is 1.50. The molecule has 90 valence electrons. The Morgan fingerprint density at radius 2 is 2.24 bits per heavy atom. The molecule has 0 aliphatic rings. The van der Waals surface area contributed by atoms with Crippen LogP contribution in [-0.4, -0.2) is 12.3 Å². The number of rotatable bonds is 5. The van der Waals surface area contributed by atoms with E-state index in [1.54, 1.807) is 18.2 Å². The van der Waals surface area contributed by atoms with E-state index in [9.17, 15) is 4.39 Å². The third kappa shape index (κ3) is 3.04. The number of methoxy groups -OCH3 is 1. The summed E-state index contributed by atoms with van der Waals surface area (Å²) in [6, 6.07) is 6.56. The first-order chi connectivity index (χ1) is 8.29. The van der Waals surface area contributed by atoms with Crippen molar-refractivity contribution in [2.45, 2.75) is 13.1 Å². The van der Waals surface area contributed by atoms with Crippen LogP contribution in [0.15, 0.2) is 35.1 Å². The molecule has 0 spiro atoms. The molecule has 2 rings (SSSR count). The molecular formula is C12H13FN2O2. The van der Waals surface area contributed by atoms with E-state index in [1.165, 1.54) is 19.4 Å². The Kier molecular flexibility index (Phi) is 3.72. The van der Waals surface area contributed by atoms with E-state index in [0.29, 0.717) is 24.4 Å². The first-order valence-electron chi connectivity index (χ1n) is 5.22. The highest BCUT2D eigenvalue weighted by atomic mass is 19.1. The molecule has 1 heterocycles. The van der Waals surface area contributed by atoms with Crippen LogP contribution in [-0.2, 0) is 13.1 Å². The third-order valence-corrected chi connectivity index (χ3v) is 2.37. The zero-order valence-corrected chi connectivity index (χ0v) is 9.44. The second kappa shape index (κ2) is 5.45. The SMILES string of the molecule is COc1ccc(CNCc2ccon2)c(F)c1. The molecule has 0 saturated carbocycles. The van der Waals surface area contributed by atoms with Crippen molar-refractivity contribution in [1.29, 1.82) is 0 Å². The topological polar surface area (TPSA) is 47.3 Å². The van der Waals surface area contributed by atoms with Gasteiger partial charge in [0.05, 0.1) is 12.8 Å². The van der Waals surface area contributed by atoms with Gasteiger partial charge in [0.1, 0.15) is 17.8 Å². The normalized spacial score (nSPS) is 10.5. The van der Waals surface area contributed by atoms with Crippen LogP contribution in [0.2, 0.25) is 0 Å². The first-order valence-corrected chi connectivity index (χ1v) is 5.22. The first kappa shape index (κ1) is 11.6. The van der Waals surface area contributed by atoms with Crippen LogP contribution in [0.25, 0.3) is 0 Å². The maximum atomic E-state index is 13.5. The van der Waals surface area contributed by atoms with Gasteiger partial charge >= 0.3 is 0 Å². The molecule has 0 bridgehead atoms. The number of hydrogen-bond donors (Lipinski definition) is 1. The van der Waals surface area contributed by atoms with E-state index in [2.05, 4.69) is 10.5 Å². The Labute approximate surface area is 98.4 Å². The van der Waals surface area contributed by atoms with Crippen LogP contribution in [0.3, 0.4) is 0 Å². The smallest absolute Gasteiger partial charge is 0.131 e. The van der Waals surface area contributed by atoms with Gasteiger partial charge in [0.25, 0.3) is 0 Å². The Morgan fingerprint density at radius 1 is 1.35 bits per heavy atom. The summed E-state index contributed by atoms with van der Waals surface area (Å²) in [7, 11) is 1.51. The summed E-state index contributed by atoms with van der Waals surface area (Å²) in [4.78, 5) is 0. The van der Waals surface area contributed by atoms with E-state index >= 15 is 0 Å². The van der Waals surface area contributed by atoms with Gasteiger partial charge in [-0.1, -0.05) is 11.2 Å². The lowest BCUT2D eigenvalue weighted by atomic mass is 10.2. The predicted octanol–water partition coefficient (Wildman–Crippen LogP) is 2.11. The molecule has 1 aromatic heterocycles. The minimum absolute atomic E-state index is 0.281. The third-order valence-electron chi connectivity index (χ3n) is 2.37. The quantitative estimate of drug-likeness (QED) is 0.863. The molecule has 0 aliphatic carbocycles. The van der Waals surface area contributed by atoms with Crippen molar-refractivity contribution in [2.75, 3.05) is 7.11 Å². The van der Waals surface area contributed by atoms with Gasteiger partial charge in [-0.3, -0.25) is 0 Å². The summed E-state index contributed by atoms with van der Waals surface area (Å²) < 4.78 is 23.2. The van der Waals surface area contributed by atoms with Crippen molar-refractivity contribution >= 4 is 0 Å². The highest BCUT2D eigenvalue weighted by Crippen LogP contribution is 2.16. The van der Waals surface area contributed by atoms with Gasteiger partial charge in [-0.2, -0.15) is 0 Å². The molecule has 1 N–H and O–H groups in total. The summed E-state index contributed by atoms with van der Waals surface area (Å²) >= 11 is 0. The lowest BCUT2D eigenvalue weighted by Crippen LogP contribution is -2.13. The summed E-state index contributed by atoms with van der Waals surface area (Å²) in [6.45, 7) is 0.977. The number of ether oxygens (including phenoxy) is 1. The van der Waals surface area contributed by atoms with Crippen molar-refractivity contribution < 1.29 is 13.7 Å². The summed E-state index contributed by atoms with van der Waals surface area (Å²) in [5.74, 6) is 0.236. The Balaban J connectivity index is 1.90. The van der Waals surface area contributed by atoms with Gasteiger partial charge in [-0.15, -0.1) is 0 Å². The fraction of sp³-hybridized carbons (Fsp3) is 0.250. The number of hydrogen-bond acceptors (Lipinski definition) is 4. The van der Waals surface area contributed by atoms with Gasteiger partial charge in [-0.05, 0) is 6.07 Å². The lowest BCUT2D eigenvalue weighted by Gasteiger charge is -2.06. The number of halogens is 1. The van der Waals surface area contributed by atoms with Gasteiger partial charge < -0.3 is 14.6 Å². The number of nitrogens with one attached hydrogen (secondary N) is 1. The summed E-state index contributed by atoms with van der Waals surface area (Å²) in [5, 5.41) is 6.83. The predicted molar refractivity (Wildman–Crippen MR) is 60.0 cm³/mol. The van der Waals surface area contributed by atoms with Crippen LogP contribution < -0.4 is 10.1 Å². The highest BCUT2D eigenvalue weighted by molar-refractivity contribution is 5.28. The Morgan fingerprint density at radius 3 is 2.88 bits per heavy atom. The highest BCUT2D eigenvalue weighted by Gasteiger charge is 2.04. The van der Waals surface area contributed by atoms with Crippen molar-refractivity contribution in [3.8, 4) is 5.75 Å². The standard InChI is InChI=1S/C12H13FN2O2/c1-16-11-3-2-9(12(13)6-11)7-14-8-10-4-5-17-15-10/h2-6,14H,7-8H2,1H3. The van der Waals surface area contributed by atoms with Crippen LogP contribution in [0.5, 0.6) is 5.75 Å². The van der Waals surface area contributed by atoms with Crippen molar-refractivity contribution in [1.82, 2.24) is 10.5 Å². The number of aromatic nitrogens is 1. The van der Waals surface area contributed by atoms with Crippen molar-refractivity contribution in [3.63, 3.8) is 0 Å². The molecule has 0 aliphatic heterocycles. The van der Waals surface area contributed by atoms with Crippen LogP contribution in [0, 0.1) is 5.82 Å². The zero-order valence-electron chi connectivity index (χ0n) is 9.44. The fourth-order valence-electron chi connectivity index (χ4n) is 1.45. The van der Waals surface area contributed by atoms with Gasteiger partial charge in [0.2, 0.25) is 0 Å². The molecule has 0 unspecified atom stereocenters. The molecular weight excluding hydrogens is 223 g/mol. The van der Waals surface area contributed by atoms with Gasteiger partial charge in [-0.25, -0.2) is 4.39 Å². The molecule has 4 nitrogen and oxygen atoms in total. The monoisotopic (exact) mass is 236 g/mol. The zero-order chi connectivity index (χ0) is 12.1. The maximum absolute atomic E-state index is 13.5. The molecule has 0 amide bonds. The molecule has 5 heteroatoms. The van der Waals surface area contributed by atoms with E-state index in [4.69, 9.17) is 9.26 Å². The Hall–Kier alpha value is -1.88. The van der Waals surface area contributed by atoms with E-state index in [-0.39, 0.29) is 5.82 Å². The molecule has 0 saturated heterocycles. The summed E-state index contributed by atoms with van der Waals surface area (Å²) in [5.41, 5.74) is 1.38. The molecule has 0 atom stereocenters. The molecule has 1 aromatic carbocycles. The molecule has 17 heavy (non-hydrogen) atoms. The van der Waals surface area contributed by atoms with E-state index in [1.807, 2.05) is 0 Å². The van der Waals surface area contributed by atoms with Gasteiger partial charge in [0, 0.05) is 30.8 Å². The lowest BCUT2D eigenvalue weighted by molar-refractivity contribution is 0.407. The van der Waals surface area contributed by atoms with E-state index in [0.717, 1.165) is 5.69 Å². The molecule has 2 aromatic rings. The molecule has 0 fully saturated rings. The van der Waals surface area contributed by atoms with Crippen LogP contribution in [0.1, 0.15) is 11.3 Å². The van der Waals surface area contributed by atoms with Crippen molar-refractivity contribution in [2.24, 2.45) is 0 Å². The average Bonchev–Trinajstić information content (AvgIpc) is 2.84. The fourth-order valence-corrected chi connectivity index (χ4v) is 1.45. The average molecular weight is 236 g/mol. The van der Waals surface area contributed by atoms with Crippen molar-refractivity contribution in [3.05, 3.63) is 47.6 Å². The van der Waals surface area contributed by atoms with Crippen LogP contribution in [0.4, 0.5) is 4.39 Å². The minimum atomic E-state index is -0.281. The maximum Gasteiger partial charge on any atom is 0.131 e. The largest absolute Gasteiger partial charge is 0.497 e. The second-order valence-electron chi connectivity index (χ2n) is 3.55. The minimum Gasteiger partial charge on any atom is -0.497 e. The number of nitrogens with zero attached hydrogens (tertiary/aromatic N) is 1. The number of benzene rings is 1. The van der Waals surface area contributed by atoms with Gasteiger partial charge in [0.15, 0.2) is 0 Å². The second-order valence-corrected chi connectivity index (χ2v) is 3.55.